The summed E-state index contributed by atoms with van der Waals surface area (Å²) >= 11 is 7.83. The molecule has 0 unspecified atom stereocenters. The molecule has 0 radical (unpaired) electrons. The number of fused-ring (bicyclic) bond motifs is 1. The minimum absolute atomic E-state index is 0.239. The van der Waals surface area contributed by atoms with Crippen LogP contribution in [0.5, 0.6) is 11.5 Å². The molecular formula is C22H20ClN3O2S. The van der Waals surface area contributed by atoms with Crippen molar-refractivity contribution in [1.29, 1.82) is 0 Å². The topological polar surface area (TPSA) is 47.5 Å². The normalized spacial score (nSPS) is 10.9. The first kappa shape index (κ1) is 19.5. The van der Waals surface area contributed by atoms with E-state index in [9.17, 15) is 0 Å². The fourth-order valence-corrected chi connectivity index (χ4v) is 4.53. The SMILES string of the molecule is CCN(c1ccccc1)c1nc(Cl)nc2scc(-c3ccc(OC)c(OC)c3)c12. The molecule has 0 saturated carbocycles. The molecule has 148 valence electrons. The summed E-state index contributed by atoms with van der Waals surface area (Å²) < 4.78 is 10.9. The van der Waals surface area contributed by atoms with Gasteiger partial charge in [0.05, 0.1) is 19.6 Å². The quantitative estimate of drug-likeness (QED) is 0.345. The van der Waals surface area contributed by atoms with Crippen LogP contribution in [-0.4, -0.2) is 30.7 Å². The first-order chi connectivity index (χ1) is 14.2. The lowest BCUT2D eigenvalue weighted by molar-refractivity contribution is 0.355. The number of nitrogens with zero attached hydrogens (tertiary/aromatic N) is 3. The third-order valence-electron chi connectivity index (χ3n) is 4.72. The fourth-order valence-electron chi connectivity index (χ4n) is 3.37. The van der Waals surface area contributed by atoms with Crippen molar-refractivity contribution in [3.63, 3.8) is 0 Å². The van der Waals surface area contributed by atoms with Crippen LogP contribution in [-0.2, 0) is 0 Å². The molecule has 4 aromatic rings. The van der Waals surface area contributed by atoms with Crippen LogP contribution in [0.3, 0.4) is 0 Å². The number of hydrogen-bond donors (Lipinski definition) is 0. The zero-order valence-electron chi connectivity index (χ0n) is 16.3. The smallest absolute Gasteiger partial charge is 0.225 e. The highest BCUT2D eigenvalue weighted by atomic mass is 35.5. The third-order valence-corrected chi connectivity index (χ3v) is 5.76. The molecule has 0 aliphatic rings. The van der Waals surface area contributed by atoms with Crippen LogP contribution in [0.1, 0.15) is 6.92 Å². The van der Waals surface area contributed by atoms with Gasteiger partial charge < -0.3 is 14.4 Å². The highest BCUT2D eigenvalue weighted by molar-refractivity contribution is 7.17. The number of halogens is 1. The molecule has 4 rings (SSSR count). The van der Waals surface area contributed by atoms with Gasteiger partial charge in [-0.3, -0.25) is 0 Å². The van der Waals surface area contributed by atoms with Crippen molar-refractivity contribution >= 4 is 44.7 Å². The van der Waals surface area contributed by atoms with Gasteiger partial charge in [-0.05, 0) is 48.4 Å². The van der Waals surface area contributed by atoms with E-state index in [1.165, 1.54) is 0 Å². The van der Waals surface area contributed by atoms with E-state index in [0.717, 1.165) is 39.4 Å². The Balaban J connectivity index is 1.94. The predicted molar refractivity (Wildman–Crippen MR) is 120 cm³/mol. The summed E-state index contributed by atoms with van der Waals surface area (Å²) in [7, 11) is 3.26. The molecule has 2 aromatic heterocycles. The van der Waals surface area contributed by atoms with Gasteiger partial charge >= 0.3 is 0 Å². The van der Waals surface area contributed by atoms with Crippen molar-refractivity contribution in [3.05, 3.63) is 59.2 Å². The first-order valence-electron chi connectivity index (χ1n) is 9.16. The van der Waals surface area contributed by atoms with Gasteiger partial charge in [0.2, 0.25) is 5.28 Å². The van der Waals surface area contributed by atoms with E-state index in [2.05, 4.69) is 39.3 Å². The second-order valence-electron chi connectivity index (χ2n) is 6.30. The number of methoxy groups -OCH3 is 2. The summed E-state index contributed by atoms with van der Waals surface area (Å²) in [6.07, 6.45) is 0. The summed E-state index contributed by atoms with van der Waals surface area (Å²) in [5.74, 6) is 2.16. The Morgan fingerprint density at radius 1 is 1.00 bits per heavy atom. The van der Waals surface area contributed by atoms with Gasteiger partial charge in [0.25, 0.3) is 0 Å². The molecule has 0 aliphatic carbocycles. The second kappa shape index (κ2) is 8.27. The van der Waals surface area contributed by atoms with Crippen molar-refractivity contribution < 1.29 is 9.47 Å². The standard InChI is InChI=1S/C22H20ClN3O2S/c1-4-26(15-8-6-5-7-9-15)20-19-16(13-29-21(19)25-22(23)24-20)14-10-11-17(27-2)18(12-14)28-3/h5-13H,4H2,1-3H3. The maximum absolute atomic E-state index is 6.28. The third kappa shape index (κ3) is 3.61. The molecule has 5 nitrogen and oxygen atoms in total. The van der Waals surface area contributed by atoms with Crippen molar-refractivity contribution in [2.75, 3.05) is 25.7 Å². The van der Waals surface area contributed by atoms with E-state index < -0.39 is 0 Å². The maximum Gasteiger partial charge on any atom is 0.225 e. The van der Waals surface area contributed by atoms with Gasteiger partial charge in [-0.2, -0.15) is 4.98 Å². The average Bonchev–Trinajstić information content (AvgIpc) is 3.18. The van der Waals surface area contributed by atoms with Crippen molar-refractivity contribution in [2.24, 2.45) is 0 Å². The Hall–Kier alpha value is -2.83. The first-order valence-corrected chi connectivity index (χ1v) is 10.4. The summed E-state index contributed by atoms with van der Waals surface area (Å²) in [5.41, 5.74) is 3.09. The molecule has 0 saturated heterocycles. The molecular weight excluding hydrogens is 406 g/mol. The second-order valence-corrected chi connectivity index (χ2v) is 7.49. The molecule has 2 heterocycles. The van der Waals surface area contributed by atoms with E-state index >= 15 is 0 Å². The largest absolute Gasteiger partial charge is 0.493 e. The van der Waals surface area contributed by atoms with E-state index in [-0.39, 0.29) is 5.28 Å². The highest BCUT2D eigenvalue weighted by Crippen LogP contribution is 2.42. The molecule has 29 heavy (non-hydrogen) atoms. The lowest BCUT2D eigenvalue weighted by atomic mass is 10.0. The Kier molecular flexibility index (Phi) is 5.56. The summed E-state index contributed by atoms with van der Waals surface area (Å²) in [6, 6.07) is 16.0. The molecule has 0 N–H and O–H groups in total. The van der Waals surface area contributed by atoms with E-state index in [0.29, 0.717) is 11.5 Å². The molecule has 0 bridgehead atoms. The minimum atomic E-state index is 0.239. The van der Waals surface area contributed by atoms with Crippen LogP contribution in [0.15, 0.2) is 53.9 Å². The van der Waals surface area contributed by atoms with Crippen LogP contribution in [0, 0.1) is 0 Å². The lowest BCUT2D eigenvalue weighted by Crippen LogP contribution is -2.18. The Morgan fingerprint density at radius 3 is 2.45 bits per heavy atom. The molecule has 2 aromatic carbocycles. The van der Waals surface area contributed by atoms with Crippen molar-refractivity contribution in [2.45, 2.75) is 6.92 Å². The number of hydrogen-bond acceptors (Lipinski definition) is 6. The summed E-state index contributed by atoms with van der Waals surface area (Å²) in [4.78, 5) is 12.1. The van der Waals surface area contributed by atoms with E-state index in [1.54, 1.807) is 25.6 Å². The molecule has 0 fully saturated rings. The van der Waals surface area contributed by atoms with E-state index in [1.807, 2.05) is 36.4 Å². The average molecular weight is 426 g/mol. The van der Waals surface area contributed by atoms with Gasteiger partial charge in [0, 0.05) is 23.2 Å². The summed E-state index contributed by atoms with van der Waals surface area (Å²) in [6.45, 7) is 2.84. The maximum atomic E-state index is 6.28. The Morgan fingerprint density at radius 2 is 1.76 bits per heavy atom. The number of para-hydroxylation sites is 1. The molecule has 0 amide bonds. The molecule has 7 heteroatoms. The Bertz CT molecular complexity index is 1150. The van der Waals surface area contributed by atoms with Gasteiger partial charge in [-0.25, -0.2) is 4.98 Å². The number of thiophene rings is 1. The zero-order valence-corrected chi connectivity index (χ0v) is 17.9. The van der Waals surface area contributed by atoms with Gasteiger partial charge in [0.15, 0.2) is 11.5 Å². The van der Waals surface area contributed by atoms with E-state index in [4.69, 9.17) is 21.1 Å². The molecule has 0 spiro atoms. The fraction of sp³-hybridized carbons (Fsp3) is 0.182. The number of rotatable bonds is 6. The molecule has 0 atom stereocenters. The predicted octanol–water partition coefficient (Wildman–Crippen LogP) is 6.19. The van der Waals surface area contributed by atoms with Crippen LogP contribution < -0.4 is 14.4 Å². The number of aromatic nitrogens is 2. The number of anilines is 2. The van der Waals surface area contributed by atoms with Crippen molar-refractivity contribution in [1.82, 2.24) is 9.97 Å². The zero-order chi connectivity index (χ0) is 20.4. The van der Waals surface area contributed by atoms with Crippen LogP contribution >= 0.6 is 22.9 Å². The monoisotopic (exact) mass is 425 g/mol. The summed E-state index contributed by atoms with van der Waals surface area (Å²) in [5, 5.41) is 3.29. The van der Waals surface area contributed by atoms with Crippen LogP contribution in [0.25, 0.3) is 21.3 Å². The number of ether oxygens (including phenoxy) is 2. The number of benzene rings is 2. The lowest BCUT2D eigenvalue weighted by Gasteiger charge is -2.23. The van der Waals surface area contributed by atoms with Gasteiger partial charge in [-0.1, -0.05) is 24.3 Å². The molecule has 0 aliphatic heterocycles. The van der Waals surface area contributed by atoms with Gasteiger partial charge in [0.1, 0.15) is 10.6 Å². The van der Waals surface area contributed by atoms with Crippen molar-refractivity contribution in [3.8, 4) is 22.6 Å². The minimum Gasteiger partial charge on any atom is -0.493 e. The van der Waals surface area contributed by atoms with Crippen LogP contribution in [0.4, 0.5) is 11.5 Å². The van der Waals surface area contributed by atoms with Gasteiger partial charge in [-0.15, -0.1) is 11.3 Å². The highest BCUT2D eigenvalue weighted by Gasteiger charge is 2.20. The Labute approximate surface area is 178 Å². The van der Waals surface area contributed by atoms with Crippen LogP contribution in [0.2, 0.25) is 5.28 Å².